The van der Waals surface area contributed by atoms with E-state index in [-0.39, 0.29) is 5.91 Å². The first-order valence-corrected chi connectivity index (χ1v) is 9.63. The Bertz CT molecular complexity index is 703. The molecule has 0 unspecified atom stereocenters. The highest BCUT2D eigenvalue weighted by Crippen LogP contribution is 2.31. The largest absolute Gasteiger partial charge is 0.338 e. The molecule has 24 heavy (non-hydrogen) atoms. The number of likely N-dealkylation sites (tertiary alicyclic amines) is 1. The van der Waals surface area contributed by atoms with Crippen LogP contribution in [0.4, 0.5) is 0 Å². The van der Waals surface area contributed by atoms with Crippen LogP contribution in [0.1, 0.15) is 85.3 Å². The van der Waals surface area contributed by atoms with Gasteiger partial charge in [-0.25, -0.2) is 9.97 Å². The predicted octanol–water partition coefficient (Wildman–Crippen LogP) is 4.13. The van der Waals surface area contributed by atoms with E-state index in [1.807, 2.05) is 4.90 Å². The van der Waals surface area contributed by atoms with Crippen LogP contribution in [0, 0.1) is 0 Å². The smallest absolute Gasteiger partial charge is 0.271 e. The molecule has 1 aliphatic heterocycles. The summed E-state index contributed by atoms with van der Waals surface area (Å²) >= 11 is 1.73. The first-order valence-electron chi connectivity index (χ1n) is 8.75. The van der Waals surface area contributed by atoms with Gasteiger partial charge in [0.1, 0.15) is 11.5 Å². The number of nitrogens with one attached hydrogen (secondary N) is 1. The van der Waals surface area contributed by atoms with E-state index >= 15 is 0 Å². The van der Waals surface area contributed by atoms with Crippen molar-refractivity contribution in [2.75, 3.05) is 13.1 Å². The summed E-state index contributed by atoms with van der Waals surface area (Å²) in [6.45, 7) is 10.0. The number of aromatic nitrogens is 3. The third-order valence-corrected chi connectivity index (χ3v) is 5.59. The number of hydrogen-bond acceptors (Lipinski definition) is 4. The number of rotatable bonds is 4. The molecule has 130 valence electrons. The summed E-state index contributed by atoms with van der Waals surface area (Å²) in [6, 6.07) is 0. The summed E-state index contributed by atoms with van der Waals surface area (Å²) in [7, 11) is 0. The van der Waals surface area contributed by atoms with Crippen LogP contribution in [-0.4, -0.2) is 38.8 Å². The van der Waals surface area contributed by atoms with E-state index < -0.39 is 0 Å². The van der Waals surface area contributed by atoms with E-state index in [2.05, 4.69) is 43.0 Å². The topological polar surface area (TPSA) is 61.9 Å². The second kappa shape index (κ2) is 7.05. The molecule has 0 radical (unpaired) electrons. The fourth-order valence-electron chi connectivity index (χ4n) is 3.03. The molecule has 2 aromatic rings. The molecule has 2 aromatic heterocycles. The monoisotopic (exact) mass is 346 g/mol. The Labute approximate surface area is 147 Å². The van der Waals surface area contributed by atoms with Crippen molar-refractivity contribution in [2.45, 2.75) is 58.3 Å². The summed E-state index contributed by atoms with van der Waals surface area (Å²) in [5.41, 5.74) is 1.76. The number of piperidine rings is 1. The number of carbonyl (C=O) groups excluding carboxylic acids is 1. The summed E-state index contributed by atoms with van der Waals surface area (Å²) in [4.78, 5) is 27.0. The minimum Gasteiger partial charge on any atom is -0.338 e. The molecule has 1 amide bonds. The van der Waals surface area contributed by atoms with E-state index in [1.54, 1.807) is 17.5 Å². The van der Waals surface area contributed by atoms with Gasteiger partial charge < -0.3 is 9.88 Å². The number of amides is 1. The molecule has 1 atom stereocenters. The van der Waals surface area contributed by atoms with Gasteiger partial charge in [0.15, 0.2) is 0 Å². The van der Waals surface area contributed by atoms with E-state index in [0.717, 1.165) is 37.4 Å². The highest BCUT2D eigenvalue weighted by molar-refractivity contribution is 7.09. The van der Waals surface area contributed by atoms with Crippen molar-refractivity contribution >= 4 is 17.2 Å². The van der Waals surface area contributed by atoms with Gasteiger partial charge in [0.2, 0.25) is 0 Å². The Balaban J connectivity index is 1.71. The molecular formula is C18H26N4OS. The second-order valence-corrected chi connectivity index (χ2v) is 8.08. The maximum atomic E-state index is 12.8. The number of aromatic amines is 1. The summed E-state index contributed by atoms with van der Waals surface area (Å²) < 4.78 is 0. The van der Waals surface area contributed by atoms with Crippen LogP contribution in [0.5, 0.6) is 0 Å². The van der Waals surface area contributed by atoms with Crippen molar-refractivity contribution in [1.82, 2.24) is 19.9 Å². The van der Waals surface area contributed by atoms with Crippen molar-refractivity contribution in [3.8, 4) is 0 Å². The average Bonchev–Trinajstić information content (AvgIpc) is 3.24. The highest BCUT2D eigenvalue weighted by atomic mass is 32.1. The van der Waals surface area contributed by atoms with Crippen LogP contribution < -0.4 is 0 Å². The van der Waals surface area contributed by atoms with E-state index in [1.165, 1.54) is 5.01 Å². The predicted molar refractivity (Wildman–Crippen MR) is 96.8 cm³/mol. The molecule has 1 saturated heterocycles. The molecular weight excluding hydrogens is 320 g/mol. The Morgan fingerprint density at radius 1 is 1.33 bits per heavy atom. The van der Waals surface area contributed by atoms with Crippen LogP contribution >= 0.6 is 11.3 Å². The fraction of sp³-hybridized carbons (Fsp3) is 0.611. The molecule has 3 heterocycles. The zero-order chi connectivity index (χ0) is 17.3. The third kappa shape index (κ3) is 3.53. The molecule has 1 N–H and O–H groups in total. The molecule has 1 aliphatic rings. The Morgan fingerprint density at radius 2 is 2.12 bits per heavy atom. The second-order valence-electron chi connectivity index (χ2n) is 7.19. The Kier molecular flexibility index (Phi) is 5.04. The minimum absolute atomic E-state index is 0.0553. The van der Waals surface area contributed by atoms with Crippen molar-refractivity contribution in [1.29, 1.82) is 0 Å². The molecule has 5 nitrogen and oxygen atoms in total. The number of thiazole rings is 1. The standard InChI is InChI=1S/C18H26N4OS/c1-11(2)15-10-24-17(21-15)13-6-5-7-22(9-13)18(23)14-8-19-16(20-14)12(3)4/h8,10-13H,5-7,9H2,1-4H3,(H,19,20)/t13-/m1/s1. The van der Waals surface area contributed by atoms with Crippen molar-refractivity contribution in [2.24, 2.45) is 0 Å². The fourth-order valence-corrected chi connectivity index (χ4v) is 4.13. The number of carbonyl (C=O) groups is 1. The molecule has 0 bridgehead atoms. The van der Waals surface area contributed by atoms with Crippen molar-refractivity contribution in [3.05, 3.63) is 33.8 Å². The van der Waals surface area contributed by atoms with Gasteiger partial charge in [0, 0.05) is 30.3 Å². The van der Waals surface area contributed by atoms with Gasteiger partial charge in [-0.3, -0.25) is 4.79 Å². The van der Waals surface area contributed by atoms with Crippen LogP contribution in [0.2, 0.25) is 0 Å². The van der Waals surface area contributed by atoms with E-state index in [4.69, 9.17) is 4.98 Å². The SMILES string of the molecule is CC(C)c1csc([C@@H]2CCCN(C(=O)c3cnc(C(C)C)[nH]3)C2)n1. The maximum absolute atomic E-state index is 12.8. The van der Waals surface area contributed by atoms with Crippen molar-refractivity contribution in [3.63, 3.8) is 0 Å². The lowest BCUT2D eigenvalue weighted by molar-refractivity contribution is 0.0701. The third-order valence-electron chi connectivity index (χ3n) is 4.56. The molecule has 0 saturated carbocycles. The normalized spacial score (nSPS) is 18.6. The summed E-state index contributed by atoms with van der Waals surface area (Å²) in [5.74, 6) is 2.03. The van der Waals surface area contributed by atoms with Crippen LogP contribution in [0.15, 0.2) is 11.6 Å². The van der Waals surface area contributed by atoms with Crippen LogP contribution in [-0.2, 0) is 0 Å². The zero-order valence-electron chi connectivity index (χ0n) is 14.9. The lowest BCUT2D eigenvalue weighted by atomic mass is 9.98. The summed E-state index contributed by atoms with van der Waals surface area (Å²) in [5, 5.41) is 3.33. The molecule has 0 spiro atoms. The van der Waals surface area contributed by atoms with Crippen LogP contribution in [0.25, 0.3) is 0 Å². The quantitative estimate of drug-likeness (QED) is 0.905. The lowest BCUT2D eigenvalue weighted by Crippen LogP contribution is -2.39. The first-order chi connectivity index (χ1) is 11.5. The highest BCUT2D eigenvalue weighted by Gasteiger charge is 2.28. The Morgan fingerprint density at radius 3 is 2.75 bits per heavy atom. The zero-order valence-corrected chi connectivity index (χ0v) is 15.7. The lowest BCUT2D eigenvalue weighted by Gasteiger charge is -2.31. The van der Waals surface area contributed by atoms with Gasteiger partial charge in [0.05, 0.1) is 16.9 Å². The van der Waals surface area contributed by atoms with Gasteiger partial charge in [-0.2, -0.15) is 0 Å². The van der Waals surface area contributed by atoms with Gasteiger partial charge in [-0.1, -0.05) is 27.7 Å². The summed E-state index contributed by atoms with van der Waals surface area (Å²) in [6.07, 6.45) is 3.80. The van der Waals surface area contributed by atoms with Gasteiger partial charge in [-0.05, 0) is 18.8 Å². The van der Waals surface area contributed by atoms with Crippen molar-refractivity contribution < 1.29 is 4.79 Å². The Hall–Kier alpha value is -1.69. The molecule has 0 aliphatic carbocycles. The number of imidazole rings is 1. The molecule has 6 heteroatoms. The number of H-pyrrole nitrogens is 1. The molecule has 0 aromatic carbocycles. The van der Waals surface area contributed by atoms with Gasteiger partial charge >= 0.3 is 0 Å². The number of hydrogen-bond donors (Lipinski definition) is 1. The van der Waals surface area contributed by atoms with E-state index in [9.17, 15) is 4.79 Å². The molecule has 1 fully saturated rings. The van der Waals surface area contributed by atoms with Gasteiger partial charge in [-0.15, -0.1) is 11.3 Å². The van der Waals surface area contributed by atoms with Gasteiger partial charge in [0.25, 0.3) is 5.91 Å². The first kappa shape index (κ1) is 17.1. The molecule has 3 rings (SSSR count). The number of nitrogens with zero attached hydrogens (tertiary/aromatic N) is 3. The van der Waals surface area contributed by atoms with E-state index in [0.29, 0.717) is 23.4 Å². The maximum Gasteiger partial charge on any atom is 0.271 e. The minimum atomic E-state index is 0.0553. The van der Waals surface area contributed by atoms with Crippen LogP contribution in [0.3, 0.4) is 0 Å². The average molecular weight is 347 g/mol.